The van der Waals surface area contributed by atoms with E-state index in [0.717, 1.165) is 17.3 Å². The van der Waals surface area contributed by atoms with Gasteiger partial charge in [-0.05, 0) is 70.6 Å². The number of hydrogen-bond acceptors (Lipinski definition) is 3. The van der Waals surface area contributed by atoms with Crippen molar-refractivity contribution in [3.8, 4) is 0 Å². The minimum atomic E-state index is -0.488. The highest BCUT2D eigenvalue weighted by atomic mass is 16.6. The fourth-order valence-corrected chi connectivity index (χ4v) is 3.06. The van der Waals surface area contributed by atoms with Crippen LogP contribution in [0.5, 0.6) is 0 Å². The van der Waals surface area contributed by atoms with Crippen LogP contribution in [-0.4, -0.2) is 17.7 Å². The van der Waals surface area contributed by atoms with Crippen molar-refractivity contribution in [3.05, 3.63) is 24.3 Å². The van der Waals surface area contributed by atoms with Gasteiger partial charge in [0, 0.05) is 17.4 Å². The van der Waals surface area contributed by atoms with Crippen molar-refractivity contribution in [2.75, 3.05) is 10.6 Å². The summed E-state index contributed by atoms with van der Waals surface area (Å²) in [6, 6.07) is 8.38. The van der Waals surface area contributed by atoms with Crippen LogP contribution in [0.2, 0.25) is 0 Å². The highest BCUT2D eigenvalue weighted by Gasteiger charge is 2.20. The van der Waals surface area contributed by atoms with Gasteiger partial charge in [-0.15, -0.1) is 0 Å². The summed E-state index contributed by atoms with van der Waals surface area (Å²) in [6.45, 7) is 7.86. The maximum atomic E-state index is 11.8. The third-order valence-electron chi connectivity index (χ3n) is 4.30. The van der Waals surface area contributed by atoms with E-state index in [1.54, 1.807) is 0 Å². The molecule has 0 aromatic heterocycles. The maximum Gasteiger partial charge on any atom is 0.412 e. The lowest BCUT2D eigenvalue weighted by molar-refractivity contribution is 0.0636. The van der Waals surface area contributed by atoms with E-state index >= 15 is 0 Å². The maximum absolute atomic E-state index is 11.8. The number of carbonyl (C=O) groups excluding carboxylic acids is 1. The molecule has 0 radical (unpaired) electrons. The Morgan fingerprint density at radius 3 is 2.43 bits per heavy atom. The second-order valence-electron chi connectivity index (χ2n) is 7.48. The molecule has 1 aromatic carbocycles. The van der Waals surface area contributed by atoms with E-state index in [4.69, 9.17) is 4.74 Å². The van der Waals surface area contributed by atoms with Gasteiger partial charge in [0.1, 0.15) is 5.60 Å². The van der Waals surface area contributed by atoms with Crippen molar-refractivity contribution < 1.29 is 9.53 Å². The van der Waals surface area contributed by atoms with E-state index < -0.39 is 11.7 Å². The molecule has 128 valence electrons. The van der Waals surface area contributed by atoms with Crippen LogP contribution in [0, 0.1) is 5.92 Å². The molecule has 0 aliphatic heterocycles. The molecule has 1 amide bonds. The number of nitrogens with one attached hydrogen (secondary N) is 2. The van der Waals surface area contributed by atoms with Gasteiger partial charge in [0.25, 0.3) is 0 Å². The summed E-state index contributed by atoms with van der Waals surface area (Å²) in [5.74, 6) is 0.896. The first kappa shape index (κ1) is 17.6. The molecule has 1 saturated carbocycles. The minimum absolute atomic E-state index is 0.418. The summed E-state index contributed by atoms with van der Waals surface area (Å²) in [4.78, 5) is 11.8. The SMILES string of the molecule is CCC1CCC(Nc2cccc(NC(=O)OC(C)(C)C)c2)CC1. The molecule has 4 nitrogen and oxygen atoms in total. The zero-order valence-electron chi connectivity index (χ0n) is 14.8. The molecule has 2 N–H and O–H groups in total. The summed E-state index contributed by atoms with van der Waals surface area (Å²) in [6.07, 6.45) is 5.94. The number of carbonyl (C=O) groups is 1. The molecule has 1 aliphatic rings. The first-order chi connectivity index (χ1) is 10.9. The number of amides is 1. The number of benzene rings is 1. The van der Waals surface area contributed by atoms with Gasteiger partial charge in [0.15, 0.2) is 0 Å². The van der Waals surface area contributed by atoms with Crippen LogP contribution in [0.15, 0.2) is 24.3 Å². The lowest BCUT2D eigenvalue weighted by atomic mass is 9.84. The predicted molar refractivity (Wildman–Crippen MR) is 96.0 cm³/mol. The van der Waals surface area contributed by atoms with Gasteiger partial charge in [0.2, 0.25) is 0 Å². The van der Waals surface area contributed by atoms with E-state index in [0.29, 0.717) is 6.04 Å². The normalized spacial score (nSPS) is 21.6. The fourth-order valence-electron chi connectivity index (χ4n) is 3.06. The van der Waals surface area contributed by atoms with Crippen LogP contribution in [0.3, 0.4) is 0 Å². The van der Waals surface area contributed by atoms with Crippen molar-refractivity contribution >= 4 is 17.5 Å². The van der Waals surface area contributed by atoms with Crippen LogP contribution in [-0.2, 0) is 4.74 Å². The van der Waals surface area contributed by atoms with Gasteiger partial charge >= 0.3 is 6.09 Å². The molecule has 23 heavy (non-hydrogen) atoms. The van der Waals surface area contributed by atoms with Crippen LogP contribution in [0.1, 0.15) is 59.8 Å². The molecular formula is C19H30N2O2. The zero-order chi connectivity index (χ0) is 16.9. The van der Waals surface area contributed by atoms with E-state index in [1.165, 1.54) is 32.1 Å². The molecule has 0 spiro atoms. The van der Waals surface area contributed by atoms with Gasteiger partial charge in [-0.3, -0.25) is 5.32 Å². The standard InChI is InChI=1S/C19H30N2O2/c1-5-14-9-11-15(12-10-14)20-16-7-6-8-17(13-16)21-18(22)23-19(2,3)4/h6-8,13-15,20H,5,9-12H2,1-4H3,(H,21,22). The van der Waals surface area contributed by atoms with Gasteiger partial charge in [-0.2, -0.15) is 0 Å². The highest BCUT2D eigenvalue weighted by Crippen LogP contribution is 2.29. The van der Waals surface area contributed by atoms with Crippen LogP contribution in [0.25, 0.3) is 0 Å². The van der Waals surface area contributed by atoms with Crippen molar-refractivity contribution in [3.63, 3.8) is 0 Å². The van der Waals surface area contributed by atoms with E-state index in [-0.39, 0.29) is 0 Å². The number of anilines is 2. The quantitative estimate of drug-likeness (QED) is 0.780. The van der Waals surface area contributed by atoms with Gasteiger partial charge < -0.3 is 10.1 Å². The molecule has 1 aromatic rings. The molecule has 0 heterocycles. The summed E-state index contributed by atoms with van der Waals surface area (Å²) in [5.41, 5.74) is 1.32. The van der Waals surface area contributed by atoms with Crippen LogP contribution >= 0.6 is 0 Å². The van der Waals surface area contributed by atoms with Crippen molar-refractivity contribution in [2.24, 2.45) is 5.92 Å². The van der Waals surface area contributed by atoms with E-state index in [2.05, 4.69) is 17.6 Å². The molecular weight excluding hydrogens is 288 g/mol. The largest absolute Gasteiger partial charge is 0.444 e. The molecule has 1 fully saturated rings. The first-order valence-corrected chi connectivity index (χ1v) is 8.72. The first-order valence-electron chi connectivity index (χ1n) is 8.72. The monoisotopic (exact) mass is 318 g/mol. The third kappa shape index (κ3) is 6.12. The minimum Gasteiger partial charge on any atom is -0.444 e. The number of rotatable bonds is 4. The summed E-state index contributed by atoms with van der Waals surface area (Å²) < 4.78 is 5.29. The number of ether oxygens (including phenoxy) is 1. The summed E-state index contributed by atoms with van der Waals surface area (Å²) in [5, 5.41) is 6.39. The molecule has 4 heteroatoms. The van der Waals surface area contributed by atoms with Gasteiger partial charge in [-0.1, -0.05) is 19.4 Å². The molecule has 0 unspecified atom stereocenters. The molecule has 0 atom stereocenters. The Labute approximate surface area is 140 Å². The zero-order valence-corrected chi connectivity index (χ0v) is 14.8. The van der Waals surface area contributed by atoms with Crippen molar-refractivity contribution in [1.29, 1.82) is 0 Å². The Kier molecular flexibility index (Phi) is 5.91. The average Bonchev–Trinajstić information content (AvgIpc) is 2.46. The summed E-state index contributed by atoms with van der Waals surface area (Å²) >= 11 is 0. The third-order valence-corrected chi connectivity index (χ3v) is 4.30. The number of hydrogen-bond donors (Lipinski definition) is 2. The Balaban J connectivity index is 1.88. The topological polar surface area (TPSA) is 50.4 Å². The second-order valence-corrected chi connectivity index (χ2v) is 7.48. The average molecular weight is 318 g/mol. The second kappa shape index (κ2) is 7.71. The Bertz CT molecular complexity index is 514. The van der Waals surface area contributed by atoms with Crippen LogP contribution in [0.4, 0.5) is 16.2 Å². The fraction of sp³-hybridized carbons (Fsp3) is 0.632. The van der Waals surface area contributed by atoms with E-state index in [1.807, 2.05) is 45.0 Å². The molecule has 0 saturated heterocycles. The van der Waals surface area contributed by atoms with E-state index in [9.17, 15) is 4.79 Å². The Hall–Kier alpha value is -1.71. The Morgan fingerprint density at radius 2 is 1.83 bits per heavy atom. The van der Waals surface area contributed by atoms with Crippen molar-refractivity contribution in [1.82, 2.24) is 0 Å². The molecule has 0 bridgehead atoms. The van der Waals surface area contributed by atoms with Gasteiger partial charge in [0.05, 0.1) is 0 Å². The molecule has 2 rings (SSSR count). The lowest BCUT2D eigenvalue weighted by Crippen LogP contribution is -2.27. The van der Waals surface area contributed by atoms with Gasteiger partial charge in [-0.25, -0.2) is 4.79 Å². The highest BCUT2D eigenvalue weighted by molar-refractivity contribution is 5.85. The smallest absolute Gasteiger partial charge is 0.412 e. The predicted octanol–water partition coefficient (Wildman–Crippen LogP) is 5.41. The van der Waals surface area contributed by atoms with Crippen molar-refractivity contribution in [2.45, 2.75) is 71.4 Å². The molecule has 1 aliphatic carbocycles. The lowest BCUT2D eigenvalue weighted by Gasteiger charge is -2.29. The summed E-state index contributed by atoms with van der Waals surface area (Å²) in [7, 11) is 0. The Morgan fingerprint density at radius 1 is 1.17 bits per heavy atom. The van der Waals surface area contributed by atoms with Crippen LogP contribution < -0.4 is 10.6 Å².